The minimum absolute atomic E-state index is 0.411. The Bertz CT molecular complexity index is 800. The second kappa shape index (κ2) is 5.61. The molecule has 0 bridgehead atoms. The number of para-hydroxylation sites is 1. The van der Waals surface area contributed by atoms with E-state index < -0.39 is 30.0 Å². The molecule has 1 saturated heterocycles. The lowest BCUT2D eigenvalue weighted by Gasteiger charge is -2.32. The molecular formula is C19H26BNO4. The first-order chi connectivity index (χ1) is 11.4. The topological polar surface area (TPSA) is 49.7 Å². The van der Waals surface area contributed by atoms with Gasteiger partial charge in [-0.3, -0.25) is 4.57 Å². The van der Waals surface area contributed by atoms with Crippen molar-refractivity contribution in [1.29, 1.82) is 0 Å². The minimum Gasteiger partial charge on any atom is -0.443 e. The van der Waals surface area contributed by atoms with E-state index >= 15 is 0 Å². The zero-order chi connectivity index (χ0) is 18.6. The van der Waals surface area contributed by atoms with Crippen molar-refractivity contribution >= 4 is 29.6 Å². The van der Waals surface area contributed by atoms with Gasteiger partial charge in [0.1, 0.15) is 5.60 Å². The highest BCUT2D eigenvalue weighted by molar-refractivity contribution is 6.65. The number of rotatable bonds is 1. The zero-order valence-electron chi connectivity index (χ0n) is 16.0. The van der Waals surface area contributed by atoms with Crippen LogP contribution in [0.5, 0.6) is 0 Å². The molecule has 1 aromatic heterocycles. The summed E-state index contributed by atoms with van der Waals surface area (Å²) in [5.41, 5.74) is 0.175. The quantitative estimate of drug-likeness (QED) is 0.741. The summed E-state index contributed by atoms with van der Waals surface area (Å²) < 4.78 is 19.4. The Hall–Kier alpha value is -1.79. The summed E-state index contributed by atoms with van der Waals surface area (Å²) in [6.45, 7) is 13.6. The van der Waals surface area contributed by atoms with Gasteiger partial charge in [-0.25, -0.2) is 4.79 Å². The largest absolute Gasteiger partial charge is 0.497 e. The normalized spacial score (nSPS) is 19.4. The fourth-order valence-electron chi connectivity index (χ4n) is 2.83. The summed E-state index contributed by atoms with van der Waals surface area (Å²) in [5, 5.41) is 0.923. The highest BCUT2D eigenvalue weighted by Gasteiger charge is 2.52. The van der Waals surface area contributed by atoms with Crippen molar-refractivity contribution in [3.63, 3.8) is 0 Å². The number of fused-ring (bicyclic) bond motifs is 1. The van der Waals surface area contributed by atoms with Crippen molar-refractivity contribution in [2.75, 3.05) is 0 Å². The van der Waals surface area contributed by atoms with Crippen molar-refractivity contribution < 1.29 is 18.8 Å². The maximum atomic E-state index is 12.6. The molecule has 1 aliphatic heterocycles. The molecule has 0 spiro atoms. The van der Waals surface area contributed by atoms with Crippen molar-refractivity contribution in [3.05, 3.63) is 30.5 Å². The molecule has 2 aromatic rings. The molecule has 5 nitrogen and oxygen atoms in total. The molecular weight excluding hydrogens is 317 g/mol. The fraction of sp³-hybridized carbons (Fsp3) is 0.526. The smallest absolute Gasteiger partial charge is 0.443 e. The average Bonchev–Trinajstić information content (AvgIpc) is 2.92. The fourth-order valence-corrected chi connectivity index (χ4v) is 2.83. The molecule has 1 aliphatic rings. The number of aromatic nitrogens is 1. The van der Waals surface area contributed by atoms with Gasteiger partial charge >= 0.3 is 13.2 Å². The van der Waals surface area contributed by atoms with Crippen LogP contribution < -0.4 is 5.46 Å². The molecule has 0 saturated carbocycles. The van der Waals surface area contributed by atoms with Crippen LogP contribution in [0, 0.1) is 0 Å². The zero-order valence-corrected chi connectivity index (χ0v) is 16.0. The van der Waals surface area contributed by atoms with E-state index in [1.54, 1.807) is 6.20 Å². The molecule has 0 atom stereocenters. The first-order valence-corrected chi connectivity index (χ1v) is 8.60. The number of ether oxygens (including phenoxy) is 1. The maximum absolute atomic E-state index is 12.6. The van der Waals surface area contributed by atoms with Gasteiger partial charge in [0.25, 0.3) is 0 Å². The molecule has 0 unspecified atom stereocenters. The third-order valence-corrected chi connectivity index (χ3v) is 4.84. The Kier molecular flexibility index (Phi) is 4.04. The van der Waals surface area contributed by atoms with E-state index in [2.05, 4.69) is 0 Å². The van der Waals surface area contributed by atoms with E-state index in [1.165, 1.54) is 4.57 Å². The molecule has 0 aliphatic carbocycles. The Labute approximate surface area is 149 Å². The van der Waals surface area contributed by atoms with E-state index in [1.807, 2.05) is 72.7 Å². The molecule has 1 aromatic carbocycles. The average molecular weight is 343 g/mol. The molecule has 0 amide bonds. The van der Waals surface area contributed by atoms with Gasteiger partial charge in [-0.1, -0.05) is 18.2 Å². The van der Waals surface area contributed by atoms with Gasteiger partial charge < -0.3 is 14.0 Å². The molecule has 3 rings (SSSR count). The van der Waals surface area contributed by atoms with E-state index in [0.29, 0.717) is 0 Å². The van der Waals surface area contributed by atoms with Crippen molar-refractivity contribution in [2.45, 2.75) is 65.3 Å². The van der Waals surface area contributed by atoms with Gasteiger partial charge in [0.05, 0.1) is 16.7 Å². The van der Waals surface area contributed by atoms with Gasteiger partial charge in [-0.15, -0.1) is 0 Å². The number of nitrogens with zero attached hydrogens (tertiary/aromatic N) is 1. The minimum atomic E-state index is -0.563. The van der Waals surface area contributed by atoms with Crippen LogP contribution >= 0.6 is 0 Å². The molecule has 0 radical (unpaired) electrons. The monoisotopic (exact) mass is 343 g/mol. The number of benzene rings is 1. The molecule has 25 heavy (non-hydrogen) atoms. The van der Waals surface area contributed by atoms with Crippen LogP contribution in [0.2, 0.25) is 0 Å². The van der Waals surface area contributed by atoms with Crippen LogP contribution in [0.25, 0.3) is 10.9 Å². The second-order valence-electron chi connectivity index (χ2n) is 8.54. The van der Waals surface area contributed by atoms with Gasteiger partial charge in [0.2, 0.25) is 0 Å². The van der Waals surface area contributed by atoms with Crippen molar-refractivity contribution in [3.8, 4) is 0 Å². The first kappa shape index (κ1) is 18.0. The molecule has 1 fully saturated rings. The molecule has 6 heteroatoms. The highest BCUT2D eigenvalue weighted by atomic mass is 16.7. The van der Waals surface area contributed by atoms with E-state index in [-0.39, 0.29) is 0 Å². The van der Waals surface area contributed by atoms with E-state index in [4.69, 9.17) is 14.0 Å². The lowest BCUT2D eigenvalue weighted by atomic mass is 9.79. The lowest BCUT2D eigenvalue weighted by Crippen LogP contribution is -2.41. The Morgan fingerprint density at radius 3 is 2.20 bits per heavy atom. The van der Waals surface area contributed by atoms with Crippen LogP contribution in [0.15, 0.2) is 30.5 Å². The Morgan fingerprint density at radius 2 is 1.64 bits per heavy atom. The summed E-state index contributed by atoms with van der Waals surface area (Å²) in [4.78, 5) is 12.6. The van der Waals surface area contributed by atoms with Crippen molar-refractivity contribution in [2.24, 2.45) is 0 Å². The summed E-state index contributed by atoms with van der Waals surface area (Å²) >= 11 is 0. The number of hydrogen-bond acceptors (Lipinski definition) is 4. The van der Waals surface area contributed by atoms with Crippen LogP contribution in [0.4, 0.5) is 4.79 Å². The summed E-state index contributed by atoms with van der Waals surface area (Å²) in [6, 6.07) is 7.71. The molecule has 0 N–H and O–H groups in total. The van der Waals surface area contributed by atoms with Gasteiger partial charge in [-0.05, 0) is 59.9 Å². The SMILES string of the molecule is CC(C)(C)OC(=O)n1cc(B2OC(C)(C)C(C)(C)O2)c2ccccc21. The number of hydrogen-bond donors (Lipinski definition) is 0. The van der Waals surface area contributed by atoms with E-state index in [0.717, 1.165) is 16.4 Å². The molecule has 2 heterocycles. The third kappa shape index (κ3) is 3.21. The summed E-state index contributed by atoms with van der Waals surface area (Å²) in [6.07, 6.45) is 1.35. The lowest BCUT2D eigenvalue weighted by molar-refractivity contribution is 0.00578. The van der Waals surface area contributed by atoms with Crippen LogP contribution in [-0.4, -0.2) is 34.6 Å². The maximum Gasteiger partial charge on any atom is 0.497 e. The Balaban J connectivity index is 2.05. The van der Waals surface area contributed by atoms with Crippen LogP contribution in [0.1, 0.15) is 48.5 Å². The highest BCUT2D eigenvalue weighted by Crippen LogP contribution is 2.37. The third-order valence-electron chi connectivity index (χ3n) is 4.84. The molecule has 134 valence electrons. The summed E-state index contributed by atoms with van der Waals surface area (Å²) in [5.74, 6) is 0. The van der Waals surface area contributed by atoms with E-state index in [9.17, 15) is 4.79 Å². The second-order valence-corrected chi connectivity index (χ2v) is 8.54. The number of carbonyl (C=O) groups excluding carboxylic acids is 1. The van der Waals surface area contributed by atoms with Crippen LogP contribution in [-0.2, 0) is 14.0 Å². The van der Waals surface area contributed by atoms with Crippen molar-refractivity contribution in [1.82, 2.24) is 4.57 Å². The summed E-state index contributed by atoms with van der Waals surface area (Å²) in [7, 11) is -0.529. The predicted octanol–water partition coefficient (Wildman–Crippen LogP) is 3.72. The van der Waals surface area contributed by atoms with Gasteiger partial charge in [0.15, 0.2) is 0 Å². The Morgan fingerprint density at radius 1 is 1.08 bits per heavy atom. The van der Waals surface area contributed by atoms with Gasteiger partial charge in [-0.2, -0.15) is 0 Å². The van der Waals surface area contributed by atoms with Crippen LogP contribution in [0.3, 0.4) is 0 Å². The first-order valence-electron chi connectivity index (χ1n) is 8.60. The standard InChI is InChI=1S/C19H26BNO4/c1-17(2,3)23-16(22)21-12-14(13-10-8-9-11-15(13)21)20-24-18(4,5)19(6,7)25-20/h8-12H,1-7H3. The van der Waals surface area contributed by atoms with Gasteiger partial charge in [0, 0.05) is 11.7 Å². The predicted molar refractivity (Wildman–Crippen MR) is 99.3 cm³/mol. The number of carbonyl (C=O) groups is 1.